The molecule has 0 saturated carbocycles. The summed E-state index contributed by atoms with van der Waals surface area (Å²) in [6, 6.07) is 8.24. The van der Waals surface area contributed by atoms with E-state index >= 15 is 0 Å². The molecule has 0 aliphatic carbocycles. The standard InChI is InChI=1S/C9H4I3N/c10-7-5-3-1-2-4-6(5)13-9(12)8(7)11/h1-4H. The Hall–Kier alpha value is 0.820. The van der Waals surface area contributed by atoms with Gasteiger partial charge in [-0.25, -0.2) is 4.98 Å². The van der Waals surface area contributed by atoms with E-state index < -0.39 is 0 Å². The number of hydrogen-bond acceptors (Lipinski definition) is 1. The van der Waals surface area contributed by atoms with Gasteiger partial charge in [0.05, 0.1) is 9.09 Å². The minimum atomic E-state index is 1.08. The van der Waals surface area contributed by atoms with Crippen LogP contribution in [0.15, 0.2) is 24.3 Å². The summed E-state index contributed by atoms with van der Waals surface area (Å²) < 4.78 is 3.63. The first-order valence-corrected chi connectivity index (χ1v) is 6.83. The first kappa shape index (κ1) is 10.3. The molecule has 0 aliphatic rings. The molecule has 1 aromatic carbocycles. The average molecular weight is 507 g/mol. The van der Waals surface area contributed by atoms with Crippen LogP contribution in [0.1, 0.15) is 0 Å². The highest BCUT2D eigenvalue weighted by atomic mass is 127. The van der Waals surface area contributed by atoms with Crippen LogP contribution in [0.3, 0.4) is 0 Å². The van der Waals surface area contributed by atoms with Gasteiger partial charge >= 0.3 is 0 Å². The zero-order valence-electron chi connectivity index (χ0n) is 6.39. The molecule has 2 aromatic rings. The van der Waals surface area contributed by atoms with Crippen molar-refractivity contribution in [2.24, 2.45) is 0 Å². The monoisotopic (exact) mass is 507 g/mol. The van der Waals surface area contributed by atoms with Crippen molar-refractivity contribution in [1.29, 1.82) is 0 Å². The lowest BCUT2D eigenvalue weighted by Crippen LogP contribution is -1.92. The Balaban J connectivity index is 2.94. The van der Waals surface area contributed by atoms with Gasteiger partial charge in [0, 0.05) is 8.96 Å². The van der Waals surface area contributed by atoms with Crippen molar-refractivity contribution in [2.75, 3.05) is 0 Å². The molecular formula is C9H4I3N. The van der Waals surface area contributed by atoms with Gasteiger partial charge in [-0.15, -0.1) is 0 Å². The molecule has 66 valence electrons. The van der Waals surface area contributed by atoms with E-state index in [1.165, 1.54) is 12.5 Å². The maximum atomic E-state index is 4.51. The van der Waals surface area contributed by atoms with E-state index in [-0.39, 0.29) is 0 Å². The smallest absolute Gasteiger partial charge is 0.116 e. The molecule has 0 atom stereocenters. The average Bonchev–Trinajstić information content (AvgIpc) is 2.15. The van der Waals surface area contributed by atoms with Gasteiger partial charge in [-0.05, 0) is 73.8 Å². The van der Waals surface area contributed by atoms with E-state index in [4.69, 9.17) is 0 Å². The fourth-order valence-electron chi connectivity index (χ4n) is 1.12. The second-order valence-corrected chi connectivity index (χ2v) is 5.73. The third-order valence-corrected chi connectivity index (χ3v) is 6.75. The summed E-state index contributed by atoms with van der Waals surface area (Å²) in [6.07, 6.45) is 0. The predicted octanol–water partition coefficient (Wildman–Crippen LogP) is 4.05. The van der Waals surface area contributed by atoms with Gasteiger partial charge in [-0.2, -0.15) is 0 Å². The minimum Gasteiger partial charge on any atom is -0.241 e. The van der Waals surface area contributed by atoms with Crippen LogP contribution in [-0.2, 0) is 0 Å². The number of para-hydroxylation sites is 1. The highest BCUT2D eigenvalue weighted by molar-refractivity contribution is 14.1. The topological polar surface area (TPSA) is 12.9 Å². The number of nitrogens with zero attached hydrogens (tertiary/aromatic N) is 1. The lowest BCUT2D eigenvalue weighted by atomic mass is 10.2. The molecular weight excluding hydrogens is 503 g/mol. The third kappa shape index (κ3) is 1.94. The van der Waals surface area contributed by atoms with E-state index in [0.29, 0.717) is 0 Å². The predicted molar refractivity (Wildman–Crippen MR) is 79.9 cm³/mol. The normalized spacial score (nSPS) is 10.7. The largest absolute Gasteiger partial charge is 0.241 e. The van der Waals surface area contributed by atoms with Crippen molar-refractivity contribution >= 4 is 78.7 Å². The Kier molecular flexibility index (Phi) is 3.29. The number of pyridine rings is 1. The molecule has 0 aliphatic heterocycles. The van der Waals surface area contributed by atoms with Crippen LogP contribution in [0.25, 0.3) is 10.9 Å². The Bertz CT molecular complexity index is 468. The lowest BCUT2D eigenvalue weighted by molar-refractivity contribution is 1.31. The quantitative estimate of drug-likeness (QED) is 0.388. The van der Waals surface area contributed by atoms with Gasteiger partial charge in [0.15, 0.2) is 0 Å². The van der Waals surface area contributed by atoms with Gasteiger partial charge in [0.25, 0.3) is 0 Å². The molecule has 0 N–H and O–H groups in total. The molecule has 0 spiro atoms. The molecule has 0 unspecified atom stereocenters. The summed E-state index contributed by atoms with van der Waals surface area (Å²) in [5.41, 5.74) is 1.08. The second-order valence-electron chi connectivity index (χ2n) is 2.55. The molecule has 0 fully saturated rings. The minimum absolute atomic E-state index is 1.08. The molecule has 13 heavy (non-hydrogen) atoms. The van der Waals surface area contributed by atoms with Gasteiger partial charge in [0.2, 0.25) is 0 Å². The zero-order valence-corrected chi connectivity index (χ0v) is 12.9. The maximum Gasteiger partial charge on any atom is 0.116 e. The maximum absolute atomic E-state index is 4.51. The van der Waals surface area contributed by atoms with Crippen LogP contribution >= 0.6 is 67.8 Å². The Morgan fingerprint density at radius 2 is 1.62 bits per heavy atom. The third-order valence-electron chi connectivity index (χ3n) is 1.73. The van der Waals surface area contributed by atoms with E-state index in [9.17, 15) is 0 Å². The molecule has 1 aromatic heterocycles. The summed E-state index contributed by atoms with van der Waals surface area (Å²) in [6.45, 7) is 0. The lowest BCUT2D eigenvalue weighted by Gasteiger charge is -2.03. The van der Waals surface area contributed by atoms with Gasteiger partial charge in [-0.1, -0.05) is 18.2 Å². The van der Waals surface area contributed by atoms with E-state index in [0.717, 1.165) is 9.22 Å². The summed E-state index contributed by atoms with van der Waals surface area (Å²) in [4.78, 5) is 4.51. The number of fused-ring (bicyclic) bond motifs is 1. The summed E-state index contributed by atoms with van der Waals surface area (Å²) in [7, 11) is 0. The van der Waals surface area contributed by atoms with E-state index in [2.05, 4.69) is 91.0 Å². The van der Waals surface area contributed by atoms with Crippen molar-refractivity contribution in [3.8, 4) is 0 Å². The Morgan fingerprint density at radius 3 is 2.38 bits per heavy atom. The fourth-order valence-corrected chi connectivity index (χ4v) is 3.29. The van der Waals surface area contributed by atoms with Crippen molar-refractivity contribution in [3.05, 3.63) is 35.1 Å². The van der Waals surface area contributed by atoms with Crippen LogP contribution in [0.5, 0.6) is 0 Å². The molecule has 0 amide bonds. The molecule has 4 heteroatoms. The first-order valence-electron chi connectivity index (χ1n) is 3.59. The van der Waals surface area contributed by atoms with Crippen molar-refractivity contribution < 1.29 is 0 Å². The SMILES string of the molecule is Ic1nc2ccccc2c(I)c1I. The van der Waals surface area contributed by atoms with E-state index in [1.807, 2.05) is 6.07 Å². The van der Waals surface area contributed by atoms with Crippen LogP contribution < -0.4 is 0 Å². The summed E-state index contributed by atoms with van der Waals surface area (Å²) in [5, 5.41) is 1.24. The number of halogens is 3. The molecule has 0 saturated heterocycles. The van der Waals surface area contributed by atoms with Crippen LogP contribution in [0, 0.1) is 10.8 Å². The Labute approximate surface area is 117 Å². The molecule has 1 nitrogen and oxygen atoms in total. The molecule has 0 radical (unpaired) electrons. The van der Waals surface area contributed by atoms with Crippen LogP contribution in [-0.4, -0.2) is 4.98 Å². The summed E-state index contributed by atoms with van der Waals surface area (Å²) >= 11 is 6.99. The molecule has 1 heterocycles. The van der Waals surface area contributed by atoms with Crippen LogP contribution in [0.4, 0.5) is 0 Å². The highest BCUT2D eigenvalue weighted by Gasteiger charge is 2.07. The fraction of sp³-hybridized carbons (Fsp3) is 0. The number of hydrogen-bond donors (Lipinski definition) is 0. The van der Waals surface area contributed by atoms with Crippen molar-refractivity contribution in [2.45, 2.75) is 0 Å². The second kappa shape index (κ2) is 4.13. The van der Waals surface area contributed by atoms with E-state index in [1.54, 1.807) is 0 Å². The highest BCUT2D eigenvalue weighted by Crippen LogP contribution is 2.26. The Morgan fingerprint density at radius 1 is 0.923 bits per heavy atom. The van der Waals surface area contributed by atoms with Gasteiger partial charge in [0.1, 0.15) is 3.70 Å². The zero-order chi connectivity index (χ0) is 9.42. The van der Waals surface area contributed by atoms with Gasteiger partial charge < -0.3 is 0 Å². The number of benzene rings is 1. The number of rotatable bonds is 0. The molecule has 0 bridgehead atoms. The molecule has 2 rings (SSSR count). The van der Waals surface area contributed by atoms with Crippen molar-refractivity contribution in [3.63, 3.8) is 0 Å². The van der Waals surface area contributed by atoms with Gasteiger partial charge in [-0.3, -0.25) is 0 Å². The van der Waals surface area contributed by atoms with Crippen LogP contribution in [0.2, 0.25) is 0 Å². The first-order chi connectivity index (χ1) is 6.20. The summed E-state index contributed by atoms with van der Waals surface area (Å²) in [5.74, 6) is 0. The number of aromatic nitrogens is 1. The van der Waals surface area contributed by atoms with Crippen molar-refractivity contribution in [1.82, 2.24) is 4.98 Å².